The van der Waals surface area contributed by atoms with Crippen molar-refractivity contribution < 1.29 is 19.2 Å². The molecule has 182 valence electrons. The molecule has 3 aromatic carbocycles. The fourth-order valence-electron chi connectivity index (χ4n) is 3.48. The number of carbonyl (C=O) groups excluding carboxylic acids is 1. The summed E-state index contributed by atoms with van der Waals surface area (Å²) in [5.74, 6) is -0.394. The maximum absolute atomic E-state index is 13.2. The Kier molecular flexibility index (Phi) is 7.15. The van der Waals surface area contributed by atoms with Crippen LogP contribution in [0.25, 0.3) is 22.3 Å². The zero-order valence-corrected chi connectivity index (χ0v) is 19.5. The van der Waals surface area contributed by atoms with Crippen molar-refractivity contribution in [3.05, 3.63) is 98.8 Å². The lowest BCUT2D eigenvalue weighted by atomic mass is 10.2. The van der Waals surface area contributed by atoms with Crippen LogP contribution in [0.4, 0.5) is 5.69 Å². The van der Waals surface area contributed by atoms with Gasteiger partial charge in [0.05, 0.1) is 28.6 Å². The quantitative estimate of drug-likeness (QED) is 0.158. The highest BCUT2D eigenvalue weighted by Gasteiger charge is 2.22. The number of benzene rings is 3. The van der Waals surface area contributed by atoms with Gasteiger partial charge in [-0.1, -0.05) is 42.5 Å². The second kappa shape index (κ2) is 10.6. The molecule has 10 nitrogen and oxygen atoms in total. The summed E-state index contributed by atoms with van der Waals surface area (Å²) < 4.78 is 11.5. The molecule has 0 bridgehead atoms. The normalized spacial score (nSPS) is 11.9. The second-order valence-electron chi connectivity index (χ2n) is 7.68. The first-order chi connectivity index (χ1) is 17.4. The summed E-state index contributed by atoms with van der Waals surface area (Å²) >= 11 is 0. The number of nitro groups is 1. The van der Waals surface area contributed by atoms with Gasteiger partial charge in [0.1, 0.15) is 0 Å². The predicted molar refractivity (Wildman–Crippen MR) is 134 cm³/mol. The molecule has 10 heteroatoms. The number of hydrogen-bond acceptors (Lipinski definition) is 8. The van der Waals surface area contributed by atoms with Crippen LogP contribution in [0.15, 0.2) is 82.7 Å². The Balaban J connectivity index is 1.74. The number of fused-ring (bicyclic) bond motifs is 1. The highest BCUT2D eigenvalue weighted by molar-refractivity contribution is 5.83. The van der Waals surface area contributed by atoms with Crippen molar-refractivity contribution in [1.82, 2.24) is 9.66 Å². The van der Waals surface area contributed by atoms with Crippen LogP contribution in [0, 0.1) is 10.1 Å². The van der Waals surface area contributed by atoms with Gasteiger partial charge in [-0.3, -0.25) is 14.9 Å². The Morgan fingerprint density at radius 3 is 2.58 bits per heavy atom. The van der Waals surface area contributed by atoms with Gasteiger partial charge in [-0.05, 0) is 38.1 Å². The predicted octanol–water partition coefficient (Wildman–Crippen LogP) is 4.18. The average Bonchev–Trinajstić information content (AvgIpc) is 2.89. The third kappa shape index (κ3) is 5.12. The molecule has 1 unspecified atom stereocenters. The van der Waals surface area contributed by atoms with Gasteiger partial charge in [0, 0.05) is 17.2 Å². The van der Waals surface area contributed by atoms with E-state index in [0.717, 1.165) is 4.68 Å². The molecular formula is C26H22N4O6. The standard InChI is InChI=1S/C26H22N4O6/c1-3-35-26(32)17(2)36-23-14-13-18(15-22(23)30(33)34)16-27-29-24(19-9-5-4-6-10-19)28-21-12-8-7-11-20(21)25(29)31/h4-17H,3H2,1-2H3. The summed E-state index contributed by atoms with van der Waals surface area (Å²) in [6.07, 6.45) is 0.300. The van der Waals surface area contributed by atoms with E-state index in [-0.39, 0.29) is 23.6 Å². The number of para-hydroxylation sites is 1. The summed E-state index contributed by atoms with van der Waals surface area (Å²) in [5.41, 5.74) is 0.813. The minimum Gasteiger partial charge on any atom is -0.472 e. The van der Waals surface area contributed by atoms with Gasteiger partial charge < -0.3 is 9.47 Å². The van der Waals surface area contributed by atoms with Crippen LogP contribution in [-0.4, -0.2) is 39.5 Å². The zero-order chi connectivity index (χ0) is 25.7. The topological polar surface area (TPSA) is 126 Å². The molecule has 36 heavy (non-hydrogen) atoms. The highest BCUT2D eigenvalue weighted by atomic mass is 16.6. The van der Waals surface area contributed by atoms with Crippen molar-refractivity contribution in [1.29, 1.82) is 0 Å². The van der Waals surface area contributed by atoms with Crippen LogP contribution < -0.4 is 10.3 Å². The van der Waals surface area contributed by atoms with E-state index in [2.05, 4.69) is 10.1 Å². The Hall–Kier alpha value is -4.86. The Morgan fingerprint density at radius 2 is 1.86 bits per heavy atom. The third-order valence-corrected chi connectivity index (χ3v) is 5.21. The molecule has 0 aliphatic heterocycles. The molecule has 0 radical (unpaired) electrons. The van der Waals surface area contributed by atoms with Crippen molar-refractivity contribution in [3.63, 3.8) is 0 Å². The smallest absolute Gasteiger partial charge is 0.347 e. The molecule has 0 spiro atoms. The van der Waals surface area contributed by atoms with Crippen LogP contribution in [0.3, 0.4) is 0 Å². The molecule has 4 aromatic rings. The van der Waals surface area contributed by atoms with E-state index in [1.54, 1.807) is 31.2 Å². The maximum Gasteiger partial charge on any atom is 0.347 e. The molecule has 0 aliphatic rings. The summed E-state index contributed by atoms with van der Waals surface area (Å²) in [5, 5.41) is 16.4. The monoisotopic (exact) mass is 486 g/mol. The van der Waals surface area contributed by atoms with Crippen molar-refractivity contribution in [2.45, 2.75) is 20.0 Å². The van der Waals surface area contributed by atoms with E-state index in [4.69, 9.17) is 9.47 Å². The van der Waals surface area contributed by atoms with Gasteiger partial charge in [-0.2, -0.15) is 9.78 Å². The molecule has 1 heterocycles. The summed E-state index contributed by atoms with van der Waals surface area (Å²) in [4.78, 5) is 40.8. The molecule has 0 saturated carbocycles. The largest absolute Gasteiger partial charge is 0.472 e. The van der Waals surface area contributed by atoms with Gasteiger partial charge in [0.25, 0.3) is 5.56 Å². The van der Waals surface area contributed by atoms with E-state index < -0.39 is 17.0 Å². The van der Waals surface area contributed by atoms with Gasteiger partial charge in [0.2, 0.25) is 0 Å². The second-order valence-corrected chi connectivity index (χ2v) is 7.68. The van der Waals surface area contributed by atoms with Crippen molar-refractivity contribution >= 4 is 28.8 Å². The molecule has 0 aliphatic carbocycles. The number of carbonyl (C=O) groups is 1. The van der Waals surface area contributed by atoms with Crippen LogP contribution in [0.2, 0.25) is 0 Å². The lowest BCUT2D eigenvalue weighted by Crippen LogP contribution is -2.26. The van der Waals surface area contributed by atoms with Gasteiger partial charge >= 0.3 is 11.7 Å². The minimum atomic E-state index is -1.03. The minimum absolute atomic E-state index is 0.0905. The molecule has 4 rings (SSSR count). The van der Waals surface area contributed by atoms with E-state index in [1.165, 1.54) is 31.3 Å². The lowest BCUT2D eigenvalue weighted by Gasteiger charge is -2.13. The first kappa shape index (κ1) is 24.3. The summed E-state index contributed by atoms with van der Waals surface area (Å²) in [6, 6.07) is 20.2. The number of ether oxygens (including phenoxy) is 2. The molecule has 0 saturated heterocycles. The van der Waals surface area contributed by atoms with Crippen LogP contribution in [0.1, 0.15) is 19.4 Å². The number of aromatic nitrogens is 2. The fraction of sp³-hybridized carbons (Fsp3) is 0.154. The molecule has 1 aromatic heterocycles. The van der Waals surface area contributed by atoms with Crippen molar-refractivity contribution in [3.8, 4) is 17.1 Å². The van der Waals surface area contributed by atoms with Gasteiger partial charge in [-0.25, -0.2) is 9.78 Å². The van der Waals surface area contributed by atoms with E-state index in [1.807, 2.05) is 30.3 Å². The van der Waals surface area contributed by atoms with E-state index >= 15 is 0 Å². The van der Waals surface area contributed by atoms with Gasteiger partial charge in [0.15, 0.2) is 17.7 Å². The Morgan fingerprint density at radius 1 is 1.14 bits per heavy atom. The molecular weight excluding hydrogens is 464 g/mol. The lowest BCUT2D eigenvalue weighted by molar-refractivity contribution is -0.386. The van der Waals surface area contributed by atoms with Crippen LogP contribution in [-0.2, 0) is 9.53 Å². The van der Waals surface area contributed by atoms with Gasteiger partial charge in [-0.15, -0.1) is 0 Å². The maximum atomic E-state index is 13.2. The van der Waals surface area contributed by atoms with Crippen molar-refractivity contribution in [2.75, 3.05) is 6.61 Å². The van der Waals surface area contributed by atoms with Crippen LogP contribution >= 0.6 is 0 Å². The Bertz CT molecular complexity index is 1510. The number of nitrogens with zero attached hydrogens (tertiary/aromatic N) is 4. The molecule has 1 atom stereocenters. The highest BCUT2D eigenvalue weighted by Crippen LogP contribution is 2.29. The first-order valence-corrected chi connectivity index (χ1v) is 11.1. The van der Waals surface area contributed by atoms with E-state index in [9.17, 15) is 19.7 Å². The van der Waals surface area contributed by atoms with Crippen LogP contribution in [0.5, 0.6) is 5.75 Å². The van der Waals surface area contributed by atoms with Crippen molar-refractivity contribution in [2.24, 2.45) is 5.10 Å². The van der Waals surface area contributed by atoms with E-state index in [0.29, 0.717) is 27.9 Å². The Labute approximate surface area is 205 Å². The molecule has 0 amide bonds. The third-order valence-electron chi connectivity index (χ3n) is 5.21. The number of hydrogen-bond donors (Lipinski definition) is 0. The zero-order valence-electron chi connectivity index (χ0n) is 19.5. The SMILES string of the molecule is CCOC(=O)C(C)Oc1ccc(C=Nn2c(-c3ccccc3)nc3ccccc3c2=O)cc1[N+](=O)[O-]. The number of rotatable bonds is 8. The first-order valence-electron chi connectivity index (χ1n) is 11.1. The summed E-state index contributed by atoms with van der Waals surface area (Å²) in [7, 11) is 0. The number of nitro benzene ring substituents is 1. The average molecular weight is 486 g/mol. The summed E-state index contributed by atoms with van der Waals surface area (Å²) in [6.45, 7) is 3.26. The fourth-order valence-corrected chi connectivity index (χ4v) is 3.48. The molecule has 0 fully saturated rings. The molecule has 0 N–H and O–H groups in total. The number of esters is 1.